The molecule has 0 aliphatic carbocycles. The molecule has 0 saturated carbocycles. The van der Waals surface area contributed by atoms with Gasteiger partial charge in [0, 0.05) is 24.2 Å². The van der Waals surface area contributed by atoms with Crippen LogP contribution in [0.2, 0.25) is 0 Å². The third kappa shape index (κ3) is 6.57. The molecule has 1 aliphatic rings. The summed E-state index contributed by atoms with van der Waals surface area (Å²) < 4.78 is 10.4. The average Bonchev–Trinajstić information content (AvgIpc) is 3.20. The van der Waals surface area contributed by atoms with Crippen LogP contribution in [0.3, 0.4) is 0 Å². The Hall–Kier alpha value is -2.86. The molecule has 0 radical (unpaired) electrons. The highest BCUT2D eigenvalue weighted by molar-refractivity contribution is 5.97. The monoisotopic (exact) mass is 438 g/mol. The lowest BCUT2D eigenvalue weighted by molar-refractivity contribution is -0.141. The van der Waals surface area contributed by atoms with Crippen LogP contribution in [0, 0.1) is 0 Å². The maximum Gasteiger partial charge on any atom is 0.325 e. The van der Waals surface area contributed by atoms with Crippen molar-refractivity contribution in [2.45, 2.75) is 39.0 Å². The Balaban J connectivity index is 1.36. The van der Waals surface area contributed by atoms with E-state index in [4.69, 9.17) is 9.47 Å². The van der Waals surface area contributed by atoms with Crippen molar-refractivity contribution in [2.24, 2.45) is 0 Å². The van der Waals surface area contributed by atoms with E-state index in [0.717, 1.165) is 67.9 Å². The van der Waals surface area contributed by atoms with Crippen LogP contribution < -0.4 is 15.0 Å². The number of Topliss-reactive ketones (excluding diaryl/α,β-unsaturated/α-hetero) is 1. The maximum absolute atomic E-state index is 12.6. The second-order valence-corrected chi connectivity index (χ2v) is 8.01. The second kappa shape index (κ2) is 12.2. The Kier molecular flexibility index (Phi) is 9.11. The number of carbonyl (C=O) groups is 2. The van der Waals surface area contributed by atoms with Gasteiger partial charge in [-0.25, -0.2) is 0 Å². The zero-order valence-electron chi connectivity index (χ0n) is 19.2. The Morgan fingerprint density at radius 1 is 1.09 bits per heavy atom. The van der Waals surface area contributed by atoms with Crippen molar-refractivity contribution in [1.82, 2.24) is 5.32 Å². The summed E-state index contributed by atoms with van der Waals surface area (Å²) in [6.07, 6.45) is 4.17. The van der Waals surface area contributed by atoms with E-state index in [1.807, 2.05) is 48.2 Å². The van der Waals surface area contributed by atoms with Gasteiger partial charge in [0.2, 0.25) is 0 Å². The smallest absolute Gasteiger partial charge is 0.325 e. The van der Waals surface area contributed by atoms with Gasteiger partial charge in [-0.3, -0.25) is 9.59 Å². The summed E-state index contributed by atoms with van der Waals surface area (Å²) in [5, 5.41) is 3.45. The molecular formula is C26H34N2O4. The highest BCUT2D eigenvalue weighted by atomic mass is 16.5. The fraction of sp³-hybridized carbons (Fsp3) is 0.462. The van der Waals surface area contributed by atoms with Gasteiger partial charge in [-0.2, -0.15) is 0 Å². The number of para-hydroxylation sites is 1. The van der Waals surface area contributed by atoms with Gasteiger partial charge in [-0.05, 0) is 81.1 Å². The number of carbonyl (C=O) groups excluding carboxylic acids is 2. The molecule has 32 heavy (non-hydrogen) atoms. The molecule has 1 heterocycles. The number of ketones is 1. The van der Waals surface area contributed by atoms with Crippen LogP contribution in [0.15, 0.2) is 42.5 Å². The predicted molar refractivity (Wildman–Crippen MR) is 127 cm³/mol. The number of esters is 1. The topological polar surface area (TPSA) is 67.9 Å². The Bertz CT molecular complexity index is 912. The lowest BCUT2D eigenvalue weighted by Gasteiger charge is -2.18. The first kappa shape index (κ1) is 23.8. The number of anilines is 1. The number of ether oxygens (including phenoxy) is 2. The van der Waals surface area contributed by atoms with Crippen molar-refractivity contribution in [3.05, 3.63) is 59.2 Å². The minimum absolute atomic E-state index is 0.186. The molecule has 1 N–H and O–H groups in total. The lowest BCUT2D eigenvalue weighted by atomic mass is 10.0. The number of unbranched alkanes of at least 4 members (excludes halogenated alkanes) is 1. The summed E-state index contributed by atoms with van der Waals surface area (Å²) >= 11 is 0. The normalized spacial score (nSPS) is 12.5. The Morgan fingerprint density at radius 3 is 2.75 bits per heavy atom. The second-order valence-electron chi connectivity index (χ2n) is 8.01. The number of benzene rings is 2. The van der Waals surface area contributed by atoms with Crippen molar-refractivity contribution in [2.75, 3.05) is 44.8 Å². The third-order valence-corrected chi connectivity index (χ3v) is 5.79. The molecule has 172 valence electrons. The number of methoxy groups -OCH3 is 1. The average molecular weight is 439 g/mol. The molecule has 0 saturated heterocycles. The van der Waals surface area contributed by atoms with Crippen LogP contribution in [0.1, 0.15) is 47.7 Å². The van der Waals surface area contributed by atoms with E-state index in [1.165, 1.54) is 5.56 Å². The highest BCUT2D eigenvalue weighted by Crippen LogP contribution is 2.29. The van der Waals surface area contributed by atoms with Crippen molar-refractivity contribution >= 4 is 17.4 Å². The van der Waals surface area contributed by atoms with E-state index in [9.17, 15) is 9.59 Å². The van der Waals surface area contributed by atoms with Crippen LogP contribution in [-0.4, -0.2) is 51.6 Å². The van der Waals surface area contributed by atoms with Crippen LogP contribution in [0.4, 0.5) is 5.69 Å². The first-order chi connectivity index (χ1) is 15.6. The minimum atomic E-state index is -0.211. The molecule has 0 unspecified atom stereocenters. The van der Waals surface area contributed by atoms with Gasteiger partial charge in [-0.15, -0.1) is 0 Å². The number of nitrogens with zero attached hydrogens (tertiary/aromatic N) is 1. The van der Waals surface area contributed by atoms with Gasteiger partial charge in [0.25, 0.3) is 0 Å². The van der Waals surface area contributed by atoms with E-state index in [-0.39, 0.29) is 18.3 Å². The first-order valence-corrected chi connectivity index (χ1v) is 11.5. The zero-order valence-corrected chi connectivity index (χ0v) is 19.2. The molecular weight excluding hydrogens is 404 g/mol. The number of hydrogen-bond donors (Lipinski definition) is 1. The van der Waals surface area contributed by atoms with E-state index >= 15 is 0 Å². The van der Waals surface area contributed by atoms with E-state index < -0.39 is 0 Å². The molecule has 1 aliphatic heterocycles. The molecule has 0 atom stereocenters. The molecule has 6 heteroatoms. The van der Waals surface area contributed by atoms with Gasteiger partial charge in [0.05, 0.1) is 13.7 Å². The first-order valence-electron chi connectivity index (χ1n) is 11.5. The lowest BCUT2D eigenvalue weighted by Crippen LogP contribution is -2.29. The molecule has 2 aromatic rings. The third-order valence-electron chi connectivity index (χ3n) is 5.79. The molecule has 0 spiro atoms. The summed E-state index contributed by atoms with van der Waals surface area (Å²) in [6, 6.07) is 13.9. The van der Waals surface area contributed by atoms with Crippen LogP contribution in [0.25, 0.3) is 0 Å². The summed E-state index contributed by atoms with van der Waals surface area (Å²) in [7, 11) is 1.70. The standard InChI is InChI=1S/C26H34N2O4/c1-3-32-26(30)19-28-17-14-21-18-22(11-12-23(21)28)24(29)9-6-7-15-27-16-13-20-8-4-5-10-25(20)31-2/h4-5,8,10-12,18,27H,3,6-7,9,13-17,19H2,1-2H3. The summed E-state index contributed by atoms with van der Waals surface area (Å²) in [4.78, 5) is 26.4. The van der Waals surface area contributed by atoms with Crippen molar-refractivity contribution < 1.29 is 19.1 Å². The molecule has 3 rings (SSSR count). The largest absolute Gasteiger partial charge is 0.496 e. The van der Waals surface area contributed by atoms with Crippen LogP contribution >= 0.6 is 0 Å². The zero-order chi connectivity index (χ0) is 22.8. The van der Waals surface area contributed by atoms with Crippen LogP contribution in [0.5, 0.6) is 5.75 Å². The number of nitrogens with one attached hydrogen (secondary N) is 1. The number of hydrogen-bond acceptors (Lipinski definition) is 6. The fourth-order valence-electron chi connectivity index (χ4n) is 4.11. The van der Waals surface area contributed by atoms with Crippen molar-refractivity contribution in [1.29, 1.82) is 0 Å². The Morgan fingerprint density at radius 2 is 1.94 bits per heavy atom. The molecule has 0 bridgehead atoms. The predicted octanol–water partition coefficient (Wildman–Crippen LogP) is 3.81. The molecule has 0 fully saturated rings. The fourth-order valence-corrected chi connectivity index (χ4v) is 4.11. The quantitative estimate of drug-likeness (QED) is 0.291. The van der Waals surface area contributed by atoms with E-state index in [2.05, 4.69) is 11.4 Å². The Labute approximate surface area is 190 Å². The minimum Gasteiger partial charge on any atom is -0.496 e. The van der Waals surface area contributed by atoms with Crippen molar-refractivity contribution in [3.8, 4) is 5.75 Å². The van der Waals surface area contributed by atoms with Gasteiger partial charge in [0.1, 0.15) is 12.3 Å². The van der Waals surface area contributed by atoms with E-state index in [0.29, 0.717) is 13.0 Å². The summed E-state index contributed by atoms with van der Waals surface area (Å²) in [5.74, 6) is 0.904. The number of rotatable bonds is 13. The summed E-state index contributed by atoms with van der Waals surface area (Å²) in [6.45, 7) is 5.04. The van der Waals surface area contributed by atoms with Gasteiger partial charge >= 0.3 is 5.97 Å². The molecule has 6 nitrogen and oxygen atoms in total. The van der Waals surface area contributed by atoms with Gasteiger partial charge in [-0.1, -0.05) is 18.2 Å². The highest BCUT2D eigenvalue weighted by Gasteiger charge is 2.22. The molecule has 0 amide bonds. The molecule has 2 aromatic carbocycles. The SMILES string of the molecule is CCOC(=O)CN1CCc2cc(C(=O)CCCCNCCc3ccccc3OC)ccc21. The van der Waals surface area contributed by atoms with Gasteiger partial charge < -0.3 is 19.7 Å². The number of fused-ring (bicyclic) bond motifs is 1. The van der Waals surface area contributed by atoms with E-state index in [1.54, 1.807) is 7.11 Å². The van der Waals surface area contributed by atoms with Crippen molar-refractivity contribution in [3.63, 3.8) is 0 Å². The van der Waals surface area contributed by atoms with Gasteiger partial charge in [0.15, 0.2) is 5.78 Å². The molecule has 0 aromatic heterocycles. The maximum atomic E-state index is 12.6. The summed E-state index contributed by atoms with van der Waals surface area (Å²) in [5.41, 5.74) is 4.15. The van der Waals surface area contributed by atoms with Crippen LogP contribution in [-0.2, 0) is 22.4 Å².